The number of rotatable bonds is 7. The molecule has 0 radical (unpaired) electrons. The van der Waals surface area contributed by atoms with E-state index in [0.717, 1.165) is 28.6 Å². The Morgan fingerprint density at radius 1 is 1.35 bits per heavy atom. The maximum Gasteiger partial charge on any atom is 0.124 e. The average Bonchev–Trinajstić information content (AvgIpc) is 2.88. The Balaban J connectivity index is 2.03. The molecule has 0 fully saturated rings. The van der Waals surface area contributed by atoms with Crippen LogP contribution >= 0.6 is 11.3 Å². The van der Waals surface area contributed by atoms with Gasteiger partial charge in [0.1, 0.15) is 12.4 Å². The maximum atomic E-state index is 5.97. The third-order valence-electron chi connectivity index (χ3n) is 3.13. The quantitative estimate of drug-likeness (QED) is 0.834. The first-order chi connectivity index (χ1) is 9.70. The van der Waals surface area contributed by atoms with Gasteiger partial charge in [-0.2, -0.15) is 0 Å². The first-order valence-electron chi connectivity index (χ1n) is 7.07. The van der Waals surface area contributed by atoms with Gasteiger partial charge < -0.3 is 10.1 Å². The minimum Gasteiger partial charge on any atom is -0.488 e. The van der Waals surface area contributed by atoms with Gasteiger partial charge in [0.2, 0.25) is 0 Å². The number of aromatic nitrogens is 1. The van der Waals surface area contributed by atoms with Crippen LogP contribution in [0.25, 0.3) is 0 Å². The van der Waals surface area contributed by atoms with Crippen molar-refractivity contribution >= 4 is 11.3 Å². The lowest BCUT2D eigenvalue weighted by atomic mass is 10.1. The van der Waals surface area contributed by atoms with E-state index in [0.29, 0.717) is 12.6 Å². The average molecular weight is 290 g/mol. The fourth-order valence-electron chi connectivity index (χ4n) is 2.06. The van der Waals surface area contributed by atoms with Gasteiger partial charge in [-0.1, -0.05) is 25.1 Å². The zero-order valence-corrected chi connectivity index (χ0v) is 13.2. The summed E-state index contributed by atoms with van der Waals surface area (Å²) in [6.45, 7) is 7.97. The summed E-state index contributed by atoms with van der Waals surface area (Å²) in [6.07, 6.45) is 3.02. The third-order valence-corrected chi connectivity index (χ3v) is 4.01. The van der Waals surface area contributed by atoms with Gasteiger partial charge in [0, 0.05) is 17.8 Å². The van der Waals surface area contributed by atoms with E-state index in [2.05, 4.69) is 36.3 Å². The molecule has 1 atom stereocenters. The van der Waals surface area contributed by atoms with Crippen LogP contribution in [0.5, 0.6) is 5.75 Å². The van der Waals surface area contributed by atoms with Crippen molar-refractivity contribution in [2.24, 2.45) is 0 Å². The molecule has 0 saturated heterocycles. The van der Waals surface area contributed by atoms with Crippen LogP contribution in [-0.4, -0.2) is 11.5 Å². The monoisotopic (exact) mass is 290 g/mol. The van der Waals surface area contributed by atoms with Crippen LogP contribution < -0.4 is 10.1 Å². The lowest BCUT2D eigenvalue weighted by Gasteiger charge is -2.17. The second-order valence-corrected chi connectivity index (χ2v) is 6.17. The Morgan fingerprint density at radius 2 is 2.15 bits per heavy atom. The molecule has 1 heterocycles. The predicted octanol–water partition coefficient (Wildman–Crippen LogP) is 4.09. The molecule has 108 valence electrons. The second-order valence-electron chi connectivity index (χ2n) is 4.85. The van der Waals surface area contributed by atoms with Crippen molar-refractivity contribution in [2.75, 3.05) is 6.54 Å². The number of ether oxygens (including phenoxy) is 1. The standard InChI is InChI=1S/C16H22N2OS/c1-4-9-17-12(2)15-7-5-6-8-16(15)19-11-14-10-18-13(3)20-14/h5-8,10,12,17H,4,9,11H2,1-3H3. The fraction of sp³-hybridized carbons (Fsp3) is 0.438. The molecule has 0 amide bonds. The summed E-state index contributed by atoms with van der Waals surface area (Å²) in [6, 6.07) is 8.54. The van der Waals surface area contributed by atoms with Gasteiger partial charge in [0.25, 0.3) is 0 Å². The van der Waals surface area contributed by atoms with Gasteiger partial charge in [-0.25, -0.2) is 4.98 Å². The normalized spacial score (nSPS) is 12.3. The number of para-hydroxylation sites is 1. The van der Waals surface area contributed by atoms with Crippen molar-refractivity contribution in [1.82, 2.24) is 10.3 Å². The number of aryl methyl sites for hydroxylation is 1. The smallest absolute Gasteiger partial charge is 0.124 e. The van der Waals surface area contributed by atoms with Crippen LogP contribution in [0.2, 0.25) is 0 Å². The summed E-state index contributed by atoms with van der Waals surface area (Å²) >= 11 is 1.68. The summed E-state index contributed by atoms with van der Waals surface area (Å²) in [7, 11) is 0. The highest BCUT2D eigenvalue weighted by Gasteiger charge is 2.10. The van der Waals surface area contributed by atoms with Crippen LogP contribution in [0.1, 0.15) is 41.8 Å². The molecule has 20 heavy (non-hydrogen) atoms. The topological polar surface area (TPSA) is 34.1 Å². The van der Waals surface area contributed by atoms with Gasteiger partial charge in [0.05, 0.1) is 9.88 Å². The Hall–Kier alpha value is -1.39. The summed E-state index contributed by atoms with van der Waals surface area (Å²) in [5.41, 5.74) is 1.21. The fourth-order valence-corrected chi connectivity index (χ4v) is 2.77. The highest BCUT2D eigenvalue weighted by molar-refractivity contribution is 7.11. The number of nitrogens with one attached hydrogen (secondary N) is 1. The predicted molar refractivity (Wildman–Crippen MR) is 84.3 cm³/mol. The summed E-state index contributed by atoms with van der Waals surface area (Å²) < 4.78 is 5.97. The van der Waals surface area contributed by atoms with E-state index in [1.165, 1.54) is 5.56 Å². The molecule has 0 saturated carbocycles. The Bertz CT molecular complexity index is 539. The number of benzene rings is 1. The molecule has 4 heteroatoms. The van der Waals surface area contributed by atoms with Gasteiger partial charge in [0.15, 0.2) is 0 Å². The van der Waals surface area contributed by atoms with Gasteiger partial charge in [-0.3, -0.25) is 0 Å². The van der Waals surface area contributed by atoms with Gasteiger partial charge in [-0.05, 0) is 32.9 Å². The highest BCUT2D eigenvalue weighted by Crippen LogP contribution is 2.26. The minimum absolute atomic E-state index is 0.300. The summed E-state index contributed by atoms with van der Waals surface area (Å²) in [5, 5.41) is 4.58. The van der Waals surface area contributed by atoms with Crippen LogP contribution in [0.15, 0.2) is 30.5 Å². The summed E-state index contributed by atoms with van der Waals surface area (Å²) in [5.74, 6) is 0.953. The first kappa shape index (κ1) is 15.0. The Kier molecular flexibility index (Phi) is 5.56. The number of nitrogens with zero attached hydrogens (tertiary/aromatic N) is 1. The SMILES string of the molecule is CCCNC(C)c1ccccc1OCc1cnc(C)s1. The molecule has 0 spiro atoms. The molecule has 1 unspecified atom stereocenters. The van der Waals surface area contributed by atoms with E-state index in [1.54, 1.807) is 11.3 Å². The van der Waals surface area contributed by atoms with Gasteiger partial charge >= 0.3 is 0 Å². The lowest BCUT2D eigenvalue weighted by Crippen LogP contribution is -2.19. The van der Waals surface area contributed by atoms with Crippen LogP contribution in [0.3, 0.4) is 0 Å². The second kappa shape index (κ2) is 7.41. The van der Waals surface area contributed by atoms with Crippen molar-refractivity contribution in [2.45, 2.75) is 39.8 Å². The van der Waals surface area contributed by atoms with Crippen molar-refractivity contribution in [3.63, 3.8) is 0 Å². The van der Waals surface area contributed by atoms with E-state index in [-0.39, 0.29) is 0 Å². The largest absolute Gasteiger partial charge is 0.488 e. The number of hydrogen-bond acceptors (Lipinski definition) is 4. The summed E-state index contributed by atoms with van der Waals surface area (Å²) in [4.78, 5) is 5.41. The first-order valence-corrected chi connectivity index (χ1v) is 7.88. The number of hydrogen-bond donors (Lipinski definition) is 1. The van der Waals surface area contributed by atoms with Crippen molar-refractivity contribution in [3.05, 3.63) is 45.9 Å². The lowest BCUT2D eigenvalue weighted by molar-refractivity contribution is 0.303. The third kappa shape index (κ3) is 4.05. The molecular formula is C16H22N2OS. The molecule has 2 rings (SSSR count). The van der Waals surface area contributed by atoms with Crippen molar-refractivity contribution < 1.29 is 4.74 Å². The van der Waals surface area contributed by atoms with Crippen LogP contribution in [0.4, 0.5) is 0 Å². The van der Waals surface area contributed by atoms with E-state index in [1.807, 2.05) is 25.3 Å². The molecule has 0 bridgehead atoms. The van der Waals surface area contributed by atoms with Crippen LogP contribution in [0, 0.1) is 6.92 Å². The molecule has 2 aromatic rings. The van der Waals surface area contributed by atoms with Gasteiger partial charge in [-0.15, -0.1) is 11.3 Å². The Morgan fingerprint density at radius 3 is 2.85 bits per heavy atom. The van der Waals surface area contributed by atoms with E-state index in [4.69, 9.17) is 4.74 Å². The molecule has 0 aliphatic heterocycles. The molecule has 1 N–H and O–H groups in total. The molecule has 0 aliphatic rings. The van der Waals surface area contributed by atoms with E-state index < -0.39 is 0 Å². The Labute approximate surface area is 125 Å². The zero-order chi connectivity index (χ0) is 14.4. The maximum absolute atomic E-state index is 5.97. The molecular weight excluding hydrogens is 268 g/mol. The minimum atomic E-state index is 0.300. The number of thiazole rings is 1. The molecule has 0 aliphatic carbocycles. The van der Waals surface area contributed by atoms with Crippen LogP contribution in [-0.2, 0) is 6.61 Å². The van der Waals surface area contributed by atoms with E-state index >= 15 is 0 Å². The zero-order valence-electron chi connectivity index (χ0n) is 12.3. The molecule has 1 aromatic carbocycles. The molecule has 1 aromatic heterocycles. The van der Waals surface area contributed by atoms with Crippen molar-refractivity contribution in [1.29, 1.82) is 0 Å². The van der Waals surface area contributed by atoms with Crippen molar-refractivity contribution in [3.8, 4) is 5.75 Å². The van der Waals surface area contributed by atoms with E-state index in [9.17, 15) is 0 Å². The molecule has 3 nitrogen and oxygen atoms in total. The highest BCUT2D eigenvalue weighted by atomic mass is 32.1.